The Morgan fingerprint density at radius 2 is 2.19 bits per heavy atom. The van der Waals surface area contributed by atoms with Crippen LogP contribution in [0.5, 0.6) is 0 Å². The fourth-order valence-electron chi connectivity index (χ4n) is 3.42. The second-order valence-electron chi connectivity index (χ2n) is 5.98. The van der Waals surface area contributed by atoms with E-state index in [2.05, 4.69) is 29.6 Å². The number of carbonyl (C=O) groups excluding carboxylic acids is 1. The van der Waals surface area contributed by atoms with Gasteiger partial charge in [0.05, 0.1) is 0 Å². The summed E-state index contributed by atoms with van der Waals surface area (Å²) in [6.45, 7) is 1.32. The molecule has 1 aliphatic rings. The van der Waals surface area contributed by atoms with Gasteiger partial charge in [0, 0.05) is 24.2 Å². The molecule has 1 aromatic heterocycles. The number of thiophene rings is 1. The van der Waals surface area contributed by atoms with E-state index >= 15 is 0 Å². The normalized spacial score (nSPS) is 21.8. The zero-order valence-corrected chi connectivity index (χ0v) is 13.2. The van der Waals surface area contributed by atoms with Crippen LogP contribution in [0.4, 0.5) is 0 Å². The van der Waals surface area contributed by atoms with Gasteiger partial charge in [0.1, 0.15) is 0 Å². The smallest absolute Gasteiger partial charge is 0.226 e. The molecule has 0 saturated heterocycles. The minimum Gasteiger partial charge on any atom is -0.341 e. The van der Waals surface area contributed by atoms with Gasteiger partial charge in [-0.2, -0.15) is 0 Å². The lowest BCUT2D eigenvalue weighted by molar-refractivity contribution is -0.135. The molecule has 3 nitrogen and oxygen atoms in total. The van der Waals surface area contributed by atoms with Crippen molar-refractivity contribution in [3.63, 3.8) is 0 Å². The summed E-state index contributed by atoms with van der Waals surface area (Å²) >= 11 is 1.75. The number of fused-ring (bicyclic) bond motifs is 1. The molecule has 3 rings (SSSR count). The fraction of sp³-hybridized carbons (Fsp3) is 0.471. The first kappa shape index (κ1) is 14.5. The number of nitrogens with zero attached hydrogens (tertiary/aromatic N) is 1. The van der Waals surface area contributed by atoms with Gasteiger partial charge >= 0.3 is 0 Å². The van der Waals surface area contributed by atoms with Crippen LogP contribution >= 0.6 is 11.3 Å². The topological polar surface area (TPSA) is 46.3 Å². The van der Waals surface area contributed by atoms with Gasteiger partial charge in [0.15, 0.2) is 0 Å². The van der Waals surface area contributed by atoms with E-state index in [4.69, 9.17) is 5.73 Å². The highest BCUT2D eigenvalue weighted by Gasteiger charge is 2.33. The molecule has 2 atom stereocenters. The molecular weight excluding hydrogens is 280 g/mol. The van der Waals surface area contributed by atoms with E-state index in [0.29, 0.717) is 19.0 Å². The van der Waals surface area contributed by atoms with Crippen LogP contribution in [0, 0.1) is 11.8 Å². The van der Waals surface area contributed by atoms with E-state index in [0.717, 1.165) is 19.3 Å². The molecule has 1 fully saturated rings. The Morgan fingerprint density at radius 3 is 3.00 bits per heavy atom. The third-order valence-electron chi connectivity index (χ3n) is 4.62. The minimum absolute atomic E-state index is 0.130. The zero-order chi connectivity index (χ0) is 14.8. The van der Waals surface area contributed by atoms with Gasteiger partial charge < -0.3 is 10.6 Å². The molecule has 0 radical (unpaired) electrons. The van der Waals surface area contributed by atoms with Crippen molar-refractivity contribution in [1.29, 1.82) is 0 Å². The Morgan fingerprint density at radius 1 is 1.38 bits per heavy atom. The van der Waals surface area contributed by atoms with Gasteiger partial charge in [0.25, 0.3) is 0 Å². The summed E-state index contributed by atoms with van der Waals surface area (Å²) in [5, 5.41) is 3.44. The Kier molecular flexibility index (Phi) is 4.27. The van der Waals surface area contributed by atoms with Gasteiger partial charge in [-0.15, -0.1) is 11.3 Å². The molecular formula is C17H22N2OS. The van der Waals surface area contributed by atoms with Crippen LogP contribution in [0.15, 0.2) is 29.6 Å². The molecule has 1 amide bonds. The maximum Gasteiger partial charge on any atom is 0.226 e. The predicted octanol–water partition coefficient (Wildman–Crippen LogP) is 3.23. The van der Waals surface area contributed by atoms with Crippen LogP contribution in [0.2, 0.25) is 0 Å². The highest BCUT2D eigenvalue weighted by molar-refractivity contribution is 7.17. The third-order valence-corrected chi connectivity index (χ3v) is 5.64. The minimum atomic E-state index is 0.130. The van der Waals surface area contributed by atoms with Crippen LogP contribution in [-0.2, 0) is 11.3 Å². The summed E-state index contributed by atoms with van der Waals surface area (Å²) in [5.41, 5.74) is 7.05. The van der Waals surface area contributed by atoms with Crippen molar-refractivity contribution >= 4 is 27.3 Å². The van der Waals surface area contributed by atoms with Gasteiger partial charge in [-0.1, -0.05) is 24.6 Å². The lowest BCUT2D eigenvalue weighted by atomic mass is 9.95. The van der Waals surface area contributed by atoms with Crippen LogP contribution in [0.25, 0.3) is 10.1 Å². The molecule has 1 aliphatic carbocycles. The summed E-state index contributed by atoms with van der Waals surface area (Å²) in [4.78, 5) is 14.5. The number of benzene rings is 1. The van der Waals surface area contributed by atoms with E-state index in [-0.39, 0.29) is 11.8 Å². The summed E-state index contributed by atoms with van der Waals surface area (Å²) in [5.74, 6) is 0.766. The third kappa shape index (κ3) is 2.83. The molecule has 21 heavy (non-hydrogen) atoms. The molecule has 1 aromatic carbocycles. The molecule has 0 spiro atoms. The second-order valence-corrected chi connectivity index (χ2v) is 6.90. The Bertz CT molecular complexity index is 637. The zero-order valence-electron chi connectivity index (χ0n) is 12.4. The average molecular weight is 302 g/mol. The van der Waals surface area contributed by atoms with Crippen LogP contribution < -0.4 is 5.73 Å². The van der Waals surface area contributed by atoms with Crippen molar-refractivity contribution < 1.29 is 4.79 Å². The summed E-state index contributed by atoms with van der Waals surface area (Å²) in [6, 6.07) is 8.38. The molecule has 1 heterocycles. The molecule has 0 unspecified atom stereocenters. The Hall–Kier alpha value is -1.39. The van der Waals surface area contributed by atoms with Crippen molar-refractivity contribution in [1.82, 2.24) is 4.90 Å². The lowest BCUT2D eigenvalue weighted by Gasteiger charge is -2.24. The summed E-state index contributed by atoms with van der Waals surface area (Å²) < 4.78 is 1.29. The van der Waals surface area contributed by atoms with Crippen molar-refractivity contribution in [3.8, 4) is 0 Å². The highest BCUT2D eigenvalue weighted by atomic mass is 32.1. The molecule has 1 saturated carbocycles. The van der Waals surface area contributed by atoms with Crippen LogP contribution in [0.3, 0.4) is 0 Å². The van der Waals surface area contributed by atoms with Crippen molar-refractivity contribution in [3.05, 3.63) is 35.2 Å². The number of carbonyl (C=O) groups is 1. The largest absolute Gasteiger partial charge is 0.341 e. The van der Waals surface area contributed by atoms with Gasteiger partial charge in [-0.05, 0) is 47.7 Å². The van der Waals surface area contributed by atoms with E-state index < -0.39 is 0 Å². The predicted molar refractivity (Wildman–Crippen MR) is 88.2 cm³/mol. The first-order valence-electron chi connectivity index (χ1n) is 7.61. The standard InChI is InChI=1S/C17H22N2OS/c1-19(17(20)15-7-4-5-12(15)9-18)10-13-11-21-16-8-3-2-6-14(13)16/h2-3,6,8,11-12,15H,4-5,7,9-10,18H2,1H3/t12-,15-/m1/s1. The number of hydrogen-bond acceptors (Lipinski definition) is 3. The Balaban J connectivity index is 1.74. The van der Waals surface area contributed by atoms with E-state index in [1.165, 1.54) is 15.6 Å². The summed E-state index contributed by atoms with van der Waals surface area (Å²) in [6.07, 6.45) is 3.23. The fourth-order valence-corrected chi connectivity index (χ4v) is 4.37. The molecule has 112 valence electrons. The van der Waals surface area contributed by atoms with E-state index in [1.54, 1.807) is 11.3 Å². The van der Waals surface area contributed by atoms with Crippen LogP contribution in [0.1, 0.15) is 24.8 Å². The summed E-state index contributed by atoms with van der Waals surface area (Å²) in [7, 11) is 1.92. The number of amides is 1. The maximum absolute atomic E-state index is 12.7. The monoisotopic (exact) mass is 302 g/mol. The molecule has 0 aliphatic heterocycles. The average Bonchev–Trinajstić information content (AvgIpc) is 3.13. The molecule has 2 N–H and O–H groups in total. The van der Waals surface area contributed by atoms with E-state index in [1.807, 2.05) is 11.9 Å². The SMILES string of the molecule is CN(Cc1csc2ccccc12)C(=O)[C@@H]1CCC[C@@H]1CN. The quantitative estimate of drug-likeness (QED) is 0.942. The van der Waals surface area contributed by atoms with Crippen molar-refractivity contribution in [2.24, 2.45) is 17.6 Å². The number of nitrogens with two attached hydrogens (primary N) is 1. The van der Waals surface area contributed by atoms with Gasteiger partial charge in [-0.3, -0.25) is 4.79 Å². The van der Waals surface area contributed by atoms with Crippen molar-refractivity contribution in [2.45, 2.75) is 25.8 Å². The van der Waals surface area contributed by atoms with Crippen LogP contribution in [-0.4, -0.2) is 24.4 Å². The molecule has 0 bridgehead atoms. The van der Waals surface area contributed by atoms with Gasteiger partial charge in [0.2, 0.25) is 5.91 Å². The molecule has 2 aromatic rings. The highest BCUT2D eigenvalue weighted by Crippen LogP contribution is 2.33. The first-order valence-corrected chi connectivity index (χ1v) is 8.49. The second kappa shape index (κ2) is 6.16. The number of rotatable bonds is 4. The van der Waals surface area contributed by atoms with Gasteiger partial charge in [-0.25, -0.2) is 0 Å². The lowest BCUT2D eigenvalue weighted by Crippen LogP contribution is -2.36. The molecule has 4 heteroatoms. The maximum atomic E-state index is 12.7. The number of hydrogen-bond donors (Lipinski definition) is 1. The first-order chi connectivity index (χ1) is 10.2. The Labute approximate surface area is 129 Å². The van der Waals surface area contributed by atoms with Crippen molar-refractivity contribution in [2.75, 3.05) is 13.6 Å². The van der Waals surface area contributed by atoms with E-state index in [9.17, 15) is 4.79 Å².